The molecule has 0 bridgehead atoms. The molecule has 0 amide bonds. The van der Waals surface area contributed by atoms with Gasteiger partial charge in [0.2, 0.25) is 11.4 Å². The van der Waals surface area contributed by atoms with Crippen LogP contribution in [0.15, 0.2) is 63.2 Å². The summed E-state index contributed by atoms with van der Waals surface area (Å²) in [4.78, 5) is -1.92. The smallest absolute Gasteiger partial charge is 0.217 e. The van der Waals surface area contributed by atoms with E-state index in [-0.39, 0.29) is 22.1 Å². The third-order valence-corrected chi connectivity index (χ3v) is 8.62. The average Bonchev–Trinajstić information content (AvgIpc) is 2.91. The normalized spacial score (nSPS) is 16.2. The van der Waals surface area contributed by atoms with Gasteiger partial charge in [-0.25, -0.2) is 25.3 Å². The summed E-state index contributed by atoms with van der Waals surface area (Å²) in [7, 11) is -14.8. The van der Waals surface area contributed by atoms with Crippen LogP contribution >= 0.6 is 0 Å². The predicted octanol–water partition coefficient (Wildman–Crippen LogP) is 2.14. The van der Waals surface area contributed by atoms with E-state index in [1.54, 1.807) is 20.8 Å². The largest absolute Gasteiger partial charge is 0.744 e. The molecule has 1 aliphatic rings. The molecule has 4 rings (SSSR count). The fourth-order valence-electron chi connectivity index (χ4n) is 4.30. The summed E-state index contributed by atoms with van der Waals surface area (Å²) in [5.74, 6) is 0. The van der Waals surface area contributed by atoms with Crippen molar-refractivity contribution in [2.75, 3.05) is 0 Å². The van der Waals surface area contributed by atoms with Crippen LogP contribution in [0.3, 0.4) is 0 Å². The molecule has 180 valence electrons. The van der Waals surface area contributed by atoms with E-state index in [9.17, 15) is 38.9 Å². The Bertz CT molecular complexity index is 1750. The fraction of sp³-hybridized carbons (Fsp3) is 0.190. The zero-order chi connectivity index (χ0) is 25.4. The van der Waals surface area contributed by atoms with Gasteiger partial charge in [-0.1, -0.05) is 12.1 Å². The summed E-state index contributed by atoms with van der Waals surface area (Å²) in [6.45, 7) is 5.32. The molecular formula is C21H17NO9S3-2. The van der Waals surface area contributed by atoms with Gasteiger partial charge in [0.25, 0.3) is 0 Å². The molecule has 0 saturated heterocycles. The van der Waals surface area contributed by atoms with Gasteiger partial charge in [0.05, 0.1) is 20.1 Å². The number of hydrogen-bond acceptors (Lipinski definition) is 9. The Morgan fingerprint density at radius 2 is 1.32 bits per heavy atom. The van der Waals surface area contributed by atoms with Crippen LogP contribution in [0, 0.1) is 0 Å². The second-order valence-electron chi connectivity index (χ2n) is 8.38. The summed E-state index contributed by atoms with van der Waals surface area (Å²) in [6, 6.07) is 9.37. The molecule has 1 heterocycles. The average molecular weight is 524 g/mol. The second-order valence-corrected chi connectivity index (χ2v) is 12.5. The Kier molecular flexibility index (Phi) is 5.33. The summed E-state index contributed by atoms with van der Waals surface area (Å²) in [5, 5.41) is 0.0167. The molecule has 1 aliphatic heterocycles. The molecule has 0 N–H and O–H groups in total. The van der Waals surface area contributed by atoms with Crippen LogP contribution in [-0.2, 0) is 35.8 Å². The Morgan fingerprint density at radius 1 is 0.735 bits per heavy atom. The quantitative estimate of drug-likeness (QED) is 0.366. The van der Waals surface area contributed by atoms with E-state index in [1.807, 2.05) is 0 Å². The van der Waals surface area contributed by atoms with Crippen LogP contribution in [0.1, 0.15) is 26.3 Å². The van der Waals surface area contributed by atoms with E-state index in [4.69, 9.17) is 0 Å². The van der Waals surface area contributed by atoms with Gasteiger partial charge >= 0.3 is 0 Å². The third kappa shape index (κ3) is 3.83. The molecule has 3 aromatic carbocycles. The molecular weight excluding hydrogens is 506 g/mol. The monoisotopic (exact) mass is 523 g/mol. The highest BCUT2D eigenvalue weighted by Crippen LogP contribution is 2.47. The topological polar surface area (TPSA) is 175 Å². The highest BCUT2D eigenvalue weighted by molar-refractivity contribution is 7.86. The second kappa shape index (κ2) is 7.41. The molecule has 0 atom stereocenters. The fourth-order valence-corrected chi connectivity index (χ4v) is 6.01. The van der Waals surface area contributed by atoms with Gasteiger partial charge in [-0.05, 0) is 37.4 Å². The van der Waals surface area contributed by atoms with Crippen molar-refractivity contribution < 1.29 is 38.9 Å². The minimum absolute atomic E-state index is 0.218. The Balaban J connectivity index is 2.16. The lowest BCUT2D eigenvalue weighted by molar-refractivity contribution is 0.460. The summed E-state index contributed by atoms with van der Waals surface area (Å²) in [6.07, 6.45) is 0. The van der Waals surface area contributed by atoms with E-state index in [1.165, 1.54) is 22.8 Å². The Morgan fingerprint density at radius 3 is 1.88 bits per heavy atom. The first-order valence-corrected chi connectivity index (χ1v) is 13.9. The maximum absolute atomic E-state index is 12.2. The zero-order valence-electron chi connectivity index (χ0n) is 18.0. The number of hydrogen-bond donors (Lipinski definition) is 0. The lowest BCUT2D eigenvalue weighted by Crippen LogP contribution is -2.26. The Hall–Kier alpha value is -2.68. The number of rotatable bonds is 4. The molecule has 0 radical (unpaired) electrons. The van der Waals surface area contributed by atoms with Crippen LogP contribution < -0.4 is 4.58 Å². The summed E-state index contributed by atoms with van der Waals surface area (Å²) < 4.78 is 107. The minimum Gasteiger partial charge on any atom is -0.744 e. The third-order valence-electron chi connectivity index (χ3n) is 6.08. The SMILES string of the molecule is CC1=[N+](c2cccc(S(=O)(=O)[O-])c2)c2cc(S(=O)(=O)[O-])c3cc(S(=O)(=O)[O-])ccc3c2C1(C)C. The van der Waals surface area contributed by atoms with E-state index in [2.05, 4.69) is 0 Å². The van der Waals surface area contributed by atoms with Crippen LogP contribution in [0.5, 0.6) is 0 Å². The molecule has 0 aliphatic carbocycles. The number of nitrogens with zero attached hydrogens (tertiary/aromatic N) is 1. The van der Waals surface area contributed by atoms with Crippen molar-refractivity contribution in [1.82, 2.24) is 4.58 Å². The lowest BCUT2D eigenvalue weighted by atomic mass is 9.80. The highest BCUT2D eigenvalue weighted by atomic mass is 32.2. The van der Waals surface area contributed by atoms with E-state index in [0.717, 1.165) is 30.3 Å². The summed E-state index contributed by atoms with van der Waals surface area (Å²) in [5.41, 5.74) is 0.822. The van der Waals surface area contributed by atoms with Gasteiger partial charge in [0.15, 0.2) is 5.71 Å². The number of fused-ring (bicyclic) bond motifs is 3. The minimum atomic E-state index is -5.13. The van der Waals surface area contributed by atoms with Gasteiger partial charge < -0.3 is 13.7 Å². The Labute approximate surface area is 196 Å². The first-order valence-electron chi connectivity index (χ1n) is 9.67. The maximum atomic E-state index is 12.2. The van der Waals surface area contributed by atoms with Gasteiger partial charge in [0.1, 0.15) is 30.4 Å². The summed E-state index contributed by atoms with van der Waals surface area (Å²) >= 11 is 0. The van der Waals surface area contributed by atoms with E-state index >= 15 is 0 Å². The van der Waals surface area contributed by atoms with Crippen LogP contribution in [0.4, 0.5) is 11.4 Å². The first-order chi connectivity index (χ1) is 15.4. The number of benzene rings is 3. The van der Waals surface area contributed by atoms with Gasteiger partial charge in [0, 0.05) is 36.1 Å². The van der Waals surface area contributed by atoms with Crippen LogP contribution in [0.25, 0.3) is 10.8 Å². The van der Waals surface area contributed by atoms with Crippen LogP contribution in [-0.4, -0.2) is 44.6 Å². The standard InChI is InChI=1S/C21H19NO9S3/c1-12-21(2,3)20-16-8-7-15(33(26,27)28)10-17(16)19(34(29,30)31)11-18(20)22(12)13-5-4-6-14(9-13)32(23,24)25/h4-11H,1-3H3,(H2-,23,24,25,26,27,28,29,30,31)/p-2. The predicted molar refractivity (Wildman–Crippen MR) is 119 cm³/mol. The van der Waals surface area contributed by atoms with E-state index in [0.29, 0.717) is 11.3 Å². The zero-order valence-corrected chi connectivity index (χ0v) is 20.4. The molecule has 13 heteroatoms. The molecule has 3 aromatic rings. The van der Waals surface area contributed by atoms with Crippen molar-refractivity contribution in [2.24, 2.45) is 0 Å². The van der Waals surface area contributed by atoms with Crippen molar-refractivity contribution >= 4 is 58.2 Å². The lowest BCUT2D eigenvalue weighted by Gasteiger charge is -2.20. The molecule has 34 heavy (non-hydrogen) atoms. The van der Waals surface area contributed by atoms with Crippen molar-refractivity contribution in [1.29, 1.82) is 0 Å². The molecule has 0 aromatic heterocycles. The molecule has 0 unspecified atom stereocenters. The van der Waals surface area contributed by atoms with Crippen molar-refractivity contribution in [3.05, 3.63) is 54.1 Å². The van der Waals surface area contributed by atoms with Crippen molar-refractivity contribution in [2.45, 2.75) is 40.9 Å². The molecule has 0 fully saturated rings. The molecule has 10 nitrogen and oxygen atoms in total. The molecule has 0 saturated carbocycles. The van der Waals surface area contributed by atoms with Gasteiger partial charge in [-0.3, -0.25) is 0 Å². The van der Waals surface area contributed by atoms with Gasteiger partial charge in [-0.2, -0.15) is 4.58 Å². The van der Waals surface area contributed by atoms with E-state index < -0.39 is 50.5 Å². The highest BCUT2D eigenvalue weighted by Gasteiger charge is 2.46. The first kappa shape index (κ1) is 24.4. The van der Waals surface area contributed by atoms with Crippen molar-refractivity contribution in [3.63, 3.8) is 0 Å². The van der Waals surface area contributed by atoms with Crippen molar-refractivity contribution in [3.8, 4) is 0 Å². The molecule has 0 spiro atoms. The maximum Gasteiger partial charge on any atom is 0.217 e. The van der Waals surface area contributed by atoms with Crippen LogP contribution in [0.2, 0.25) is 0 Å². The van der Waals surface area contributed by atoms with Gasteiger partial charge in [-0.15, -0.1) is 0 Å².